The largest absolute Gasteiger partial charge is 0.478 e. The number of anilines is 1. The fourth-order valence-electron chi connectivity index (χ4n) is 4.22. The topological polar surface area (TPSA) is 113 Å². The van der Waals surface area contributed by atoms with Crippen molar-refractivity contribution in [3.05, 3.63) is 155 Å². The molecular weight excluding hydrogens is 664 g/mol. The van der Waals surface area contributed by atoms with Crippen molar-refractivity contribution in [2.75, 3.05) is 4.72 Å². The molecule has 0 aliphatic heterocycles. The Morgan fingerprint density at radius 2 is 1.12 bits per heavy atom. The minimum atomic E-state index is -4.87. The number of ether oxygens (including phenoxy) is 1. The second-order valence-electron chi connectivity index (χ2n) is 9.96. The van der Waals surface area contributed by atoms with Crippen LogP contribution in [0.15, 0.2) is 132 Å². The molecule has 0 saturated carbocycles. The number of aromatic carboxylic acids is 1. The fraction of sp³-hybridized carbons (Fsp3) is 0.0882. The third-order valence-electron chi connectivity index (χ3n) is 6.61. The fourth-order valence-corrected chi connectivity index (χ4v) is 5.28. The molecule has 0 heterocycles. The first-order chi connectivity index (χ1) is 22.6. The molecule has 0 aromatic heterocycles. The maximum Gasteiger partial charge on any atom is 0.416 e. The van der Waals surface area contributed by atoms with Gasteiger partial charge in [-0.3, -0.25) is 4.72 Å². The molecule has 0 radical (unpaired) electrons. The number of aliphatic hydroxyl groups is 1. The molecule has 5 aromatic carbocycles. The highest BCUT2D eigenvalue weighted by molar-refractivity contribution is 7.92. The standard InChI is InChI=1S/C21H13F6NO5S.C13H12O/c22-20(23,24)12-5-8-14(9-6-12)34(31,32)28-16-11-13(21(25,26)27)7-10-18(16)33-17-4-2-1-3-15(17)19(29)30;14-13(11-7-3-1-4-8-11)12-9-5-2-6-10-12/h1-11,28H,(H,29,30);1-10,13-14H. The summed E-state index contributed by atoms with van der Waals surface area (Å²) in [5.74, 6) is -2.17. The van der Waals surface area contributed by atoms with E-state index in [-0.39, 0.29) is 11.3 Å². The van der Waals surface area contributed by atoms with Gasteiger partial charge < -0.3 is 14.9 Å². The summed E-state index contributed by atoms with van der Waals surface area (Å²) in [6.45, 7) is 0. The van der Waals surface area contributed by atoms with Gasteiger partial charge in [0.05, 0.1) is 21.7 Å². The first-order valence-electron chi connectivity index (χ1n) is 13.8. The van der Waals surface area contributed by atoms with Crippen LogP contribution in [-0.2, 0) is 22.4 Å². The van der Waals surface area contributed by atoms with Crippen molar-refractivity contribution in [3.63, 3.8) is 0 Å². The van der Waals surface area contributed by atoms with E-state index in [9.17, 15) is 49.8 Å². The van der Waals surface area contributed by atoms with Gasteiger partial charge in [-0.05, 0) is 65.7 Å². The van der Waals surface area contributed by atoms with Crippen LogP contribution >= 0.6 is 0 Å². The molecule has 0 aliphatic rings. The lowest BCUT2D eigenvalue weighted by Gasteiger charge is -2.17. The third kappa shape index (κ3) is 9.14. The van der Waals surface area contributed by atoms with Gasteiger partial charge in [0.25, 0.3) is 10.0 Å². The summed E-state index contributed by atoms with van der Waals surface area (Å²) in [5.41, 5.74) is -1.58. The molecule has 0 bridgehead atoms. The number of alkyl halides is 6. The van der Waals surface area contributed by atoms with Crippen molar-refractivity contribution < 1.29 is 54.5 Å². The van der Waals surface area contributed by atoms with Crippen LogP contribution in [-0.4, -0.2) is 24.6 Å². The number of carbonyl (C=O) groups is 1. The van der Waals surface area contributed by atoms with E-state index in [0.29, 0.717) is 36.4 Å². The number of hydrogen-bond acceptors (Lipinski definition) is 5. The van der Waals surface area contributed by atoms with Gasteiger partial charge in [-0.25, -0.2) is 13.2 Å². The predicted octanol–water partition coefficient (Wildman–Crippen LogP) is 8.78. The maximum atomic E-state index is 13.2. The van der Waals surface area contributed by atoms with Crippen LogP contribution in [0.3, 0.4) is 0 Å². The Morgan fingerprint density at radius 1 is 0.646 bits per heavy atom. The third-order valence-corrected chi connectivity index (χ3v) is 7.99. The highest BCUT2D eigenvalue weighted by atomic mass is 32.2. The summed E-state index contributed by atoms with van der Waals surface area (Å²) in [6.07, 6.45) is -10.1. The summed E-state index contributed by atoms with van der Waals surface area (Å²) >= 11 is 0. The summed E-state index contributed by atoms with van der Waals surface area (Å²) < 4.78 is 110. The molecule has 0 saturated heterocycles. The zero-order valence-corrected chi connectivity index (χ0v) is 25.2. The SMILES string of the molecule is O=C(O)c1ccccc1Oc1ccc(C(F)(F)F)cc1NS(=O)(=O)c1ccc(C(F)(F)F)cc1.OC(c1ccccc1)c1ccccc1. The normalized spacial score (nSPS) is 11.8. The Bertz CT molecular complexity index is 1910. The molecule has 0 spiro atoms. The van der Waals surface area contributed by atoms with Crippen LogP contribution in [0, 0.1) is 0 Å². The summed E-state index contributed by atoms with van der Waals surface area (Å²) in [6, 6.07) is 28.5. The minimum absolute atomic E-state index is 0.287. The number of nitrogens with one attached hydrogen (secondary N) is 1. The van der Waals surface area contributed by atoms with E-state index in [1.165, 1.54) is 18.2 Å². The second kappa shape index (κ2) is 14.6. The van der Waals surface area contributed by atoms with E-state index in [0.717, 1.165) is 23.3 Å². The molecular formula is C34H25F6NO6S. The van der Waals surface area contributed by atoms with Crippen LogP contribution < -0.4 is 9.46 Å². The zero-order chi connectivity index (χ0) is 35.1. The molecule has 0 fully saturated rings. The molecule has 0 amide bonds. The van der Waals surface area contributed by atoms with Crippen molar-refractivity contribution in [1.29, 1.82) is 0 Å². The molecule has 0 unspecified atom stereocenters. The van der Waals surface area contributed by atoms with Crippen LogP contribution in [0.2, 0.25) is 0 Å². The van der Waals surface area contributed by atoms with E-state index in [1.807, 2.05) is 65.4 Å². The number of carboxylic acid groups (broad SMARTS) is 1. The molecule has 14 heteroatoms. The quantitative estimate of drug-likeness (QED) is 0.141. The first kappa shape index (κ1) is 35.5. The van der Waals surface area contributed by atoms with Gasteiger partial charge in [-0.1, -0.05) is 72.8 Å². The lowest BCUT2D eigenvalue weighted by Crippen LogP contribution is -2.15. The summed E-state index contributed by atoms with van der Waals surface area (Å²) in [4.78, 5) is 10.7. The number of carboxylic acids is 1. The predicted molar refractivity (Wildman–Crippen MR) is 164 cm³/mol. The van der Waals surface area contributed by atoms with Gasteiger partial charge in [-0.15, -0.1) is 0 Å². The number of rotatable bonds is 8. The van der Waals surface area contributed by atoms with Crippen molar-refractivity contribution in [2.24, 2.45) is 0 Å². The van der Waals surface area contributed by atoms with E-state index in [1.54, 1.807) is 0 Å². The smallest absolute Gasteiger partial charge is 0.416 e. The van der Waals surface area contributed by atoms with Gasteiger partial charge in [-0.2, -0.15) is 26.3 Å². The molecule has 250 valence electrons. The highest BCUT2D eigenvalue weighted by Gasteiger charge is 2.33. The summed E-state index contributed by atoms with van der Waals surface area (Å²) in [5, 5.41) is 19.3. The van der Waals surface area contributed by atoms with Crippen LogP contribution in [0.5, 0.6) is 11.5 Å². The Kier molecular flexibility index (Phi) is 10.8. The average Bonchev–Trinajstić information content (AvgIpc) is 3.05. The first-order valence-corrected chi connectivity index (χ1v) is 15.2. The zero-order valence-electron chi connectivity index (χ0n) is 24.4. The lowest BCUT2D eigenvalue weighted by atomic mass is 10.0. The summed E-state index contributed by atoms with van der Waals surface area (Å²) in [7, 11) is -4.66. The number of sulfonamides is 1. The van der Waals surface area contributed by atoms with Crippen molar-refractivity contribution in [2.45, 2.75) is 23.4 Å². The molecule has 5 rings (SSSR count). The molecule has 0 atom stereocenters. The van der Waals surface area contributed by atoms with Gasteiger partial charge in [0.2, 0.25) is 0 Å². The van der Waals surface area contributed by atoms with Gasteiger partial charge in [0.15, 0.2) is 5.75 Å². The number of aliphatic hydroxyl groups excluding tert-OH is 1. The Balaban J connectivity index is 0.000000307. The molecule has 48 heavy (non-hydrogen) atoms. The van der Waals surface area contributed by atoms with Gasteiger partial charge in [0.1, 0.15) is 17.4 Å². The monoisotopic (exact) mass is 689 g/mol. The van der Waals surface area contributed by atoms with Crippen LogP contribution in [0.4, 0.5) is 32.0 Å². The molecule has 7 nitrogen and oxygen atoms in total. The Hall–Kier alpha value is -5.34. The van der Waals surface area contributed by atoms with Crippen molar-refractivity contribution in [3.8, 4) is 11.5 Å². The van der Waals surface area contributed by atoms with E-state index in [4.69, 9.17) is 4.74 Å². The van der Waals surface area contributed by atoms with Crippen LogP contribution in [0.25, 0.3) is 0 Å². The Labute approximate surface area is 270 Å². The lowest BCUT2D eigenvalue weighted by molar-refractivity contribution is -0.138. The van der Waals surface area contributed by atoms with Gasteiger partial charge >= 0.3 is 18.3 Å². The van der Waals surface area contributed by atoms with E-state index in [2.05, 4.69) is 0 Å². The average molecular weight is 690 g/mol. The van der Waals surface area contributed by atoms with Crippen LogP contribution in [0.1, 0.15) is 38.7 Å². The van der Waals surface area contributed by atoms with Gasteiger partial charge in [0, 0.05) is 0 Å². The molecule has 0 aliphatic carbocycles. The molecule has 3 N–H and O–H groups in total. The van der Waals surface area contributed by atoms with E-state index < -0.39 is 61.9 Å². The highest BCUT2D eigenvalue weighted by Crippen LogP contribution is 2.39. The number of benzene rings is 5. The number of hydrogen-bond donors (Lipinski definition) is 3. The number of halogens is 6. The van der Waals surface area contributed by atoms with Crippen molar-refractivity contribution in [1.82, 2.24) is 0 Å². The second-order valence-corrected chi connectivity index (χ2v) is 11.6. The number of para-hydroxylation sites is 1. The minimum Gasteiger partial charge on any atom is -0.478 e. The Morgan fingerprint density at radius 3 is 1.62 bits per heavy atom. The van der Waals surface area contributed by atoms with E-state index >= 15 is 0 Å². The molecule has 5 aromatic rings. The van der Waals surface area contributed by atoms with Crippen molar-refractivity contribution >= 4 is 21.7 Å². The maximum absolute atomic E-state index is 13.2.